The lowest BCUT2D eigenvalue weighted by Crippen LogP contribution is -2.33. The number of pyridine rings is 1. The monoisotopic (exact) mass is 481 g/mol. The fourth-order valence-electron chi connectivity index (χ4n) is 4.10. The molecule has 1 aromatic heterocycles. The van der Waals surface area contributed by atoms with Gasteiger partial charge in [0.05, 0.1) is 5.56 Å². The van der Waals surface area contributed by atoms with Crippen LogP contribution in [-0.2, 0) is 6.54 Å². The third kappa shape index (κ3) is 5.68. The highest BCUT2D eigenvalue weighted by Gasteiger charge is 2.27. The van der Waals surface area contributed by atoms with Gasteiger partial charge in [-0.2, -0.15) is 0 Å². The summed E-state index contributed by atoms with van der Waals surface area (Å²) in [7, 11) is 3.67. The summed E-state index contributed by atoms with van der Waals surface area (Å²) in [6.45, 7) is 1.71. The van der Waals surface area contributed by atoms with Crippen LogP contribution in [0.15, 0.2) is 54.6 Å². The summed E-state index contributed by atoms with van der Waals surface area (Å²) in [5.74, 6) is 0.138. The van der Waals surface area contributed by atoms with E-state index in [4.69, 9.17) is 10.5 Å². The molecule has 0 aliphatic carbocycles. The van der Waals surface area contributed by atoms with E-state index in [1.165, 1.54) is 18.2 Å². The van der Waals surface area contributed by atoms with Crippen molar-refractivity contribution in [1.82, 2.24) is 15.2 Å². The maximum atomic E-state index is 15.1. The van der Waals surface area contributed by atoms with Crippen molar-refractivity contribution in [3.05, 3.63) is 82.9 Å². The second-order valence-electron chi connectivity index (χ2n) is 8.56. The second kappa shape index (κ2) is 10.7. The van der Waals surface area contributed by atoms with Crippen LogP contribution >= 0.6 is 0 Å². The Labute approximate surface area is 203 Å². The SMILES string of the molecule is CNCCC(Oc1ccc(CN2CCN(C)c3nc(N)ccc3C2=O)c(F)c1)c1cccc(F)c1. The first-order valence-electron chi connectivity index (χ1n) is 11.5. The number of nitrogens with zero attached hydrogens (tertiary/aromatic N) is 3. The molecule has 1 aliphatic rings. The number of hydrogen-bond acceptors (Lipinski definition) is 6. The number of carbonyl (C=O) groups excluding carboxylic acids is 1. The Hall–Kier alpha value is -3.72. The zero-order valence-corrected chi connectivity index (χ0v) is 19.8. The van der Waals surface area contributed by atoms with E-state index in [-0.39, 0.29) is 18.3 Å². The second-order valence-corrected chi connectivity index (χ2v) is 8.56. The molecule has 7 nitrogen and oxygen atoms in total. The molecule has 35 heavy (non-hydrogen) atoms. The topological polar surface area (TPSA) is 83.7 Å². The number of hydrogen-bond donors (Lipinski definition) is 2. The highest BCUT2D eigenvalue weighted by molar-refractivity contribution is 5.99. The summed E-state index contributed by atoms with van der Waals surface area (Å²) in [5, 5.41) is 3.06. The number of aromatic nitrogens is 1. The number of amides is 1. The molecule has 4 rings (SSSR count). The van der Waals surface area contributed by atoms with Gasteiger partial charge in [-0.25, -0.2) is 13.8 Å². The van der Waals surface area contributed by atoms with E-state index < -0.39 is 11.9 Å². The molecule has 0 bridgehead atoms. The van der Waals surface area contributed by atoms with Crippen molar-refractivity contribution in [2.24, 2.45) is 0 Å². The third-order valence-electron chi connectivity index (χ3n) is 6.02. The van der Waals surface area contributed by atoms with Crippen molar-refractivity contribution in [3.63, 3.8) is 0 Å². The van der Waals surface area contributed by atoms with Gasteiger partial charge in [-0.3, -0.25) is 4.79 Å². The summed E-state index contributed by atoms with van der Waals surface area (Å²) in [6.07, 6.45) is 0.138. The van der Waals surface area contributed by atoms with Crippen LogP contribution in [0.25, 0.3) is 0 Å². The average Bonchev–Trinajstić information content (AvgIpc) is 2.95. The molecule has 1 unspecified atom stereocenters. The number of likely N-dealkylation sites (N-methyl/N-ethyl adjacent to an activating group) is 1. The van der Waals surface area contributed by atoms with Gasteiger partial charge in [-0.15, -0.1) is 0 Å². The van der Waals surface area contributed by atoms with E-state index in [0.29, 0.717) is 60.1 Å². The Balaban J connectivity index is 1.51. The van der Waals surface area contributed by atoms with Crippen LogP contribution in [0.4, 0.5) is 20.4 Å². The van der Waals surface area contributed by atoms with Gasteiger partial charge >= 0.3 is 0 Å². The molecular weight excluding hydrogens is 452 g/mol. The summed E-state index contributed by atoms with van der Waals surface area (Å²) >= 11 is 0. The molecule has 0 radical (unpaired) electrons. The van der Waals surface area contributed by atoms with E-state index in [2.05, 4.69) is 10.3 Å². The maximum Gasteiger partial charge on any atom is 0.257 e. The van der Waals surface area contributed by atoms with Crippen molar-refractivity contribution < 1.29 is 18.3 Å². The molecule has 184 valence electrons. The quantitative estimate of drug-likeness (QED) is 0.510. The van der Waals surface area contributed by atoms with Gasteiger partial charge in [0.1, 0.15) is 35.1 Å². The van der Waals surface area contributed by atoms with Crippen molar-refractivity contribution >= 4 is 17.5 Å². The molecule has 0 spiro atoms. The number of anilines is 2. The summed E-state index contributed by atoms with van der Waals surface area (Å²) < 4.78 is 34.9. The smallest absolute Gasteiger partial charge is 0.257 e. The Kier molecular flexibility index (Phi) is 7.45. The fourth-order valence-corrected chi connectivity index (χ4v) is 4.10. The van der Waals surface area contributed by atoms with Gasteiger partial charge in [-0.05, 0) is 49.5 Å². The van der Waals surface area contributed by atoms with Gasteiger partial charge in [-0.1, -0.05) is 18.2 Å². The minimum atomic E-state index is -0.477. The predicted molar refractivity (Wildman–Crippen MR) is 131 cm³/mol. The van der Waals surface area contributed by atoms with Crippen LogP contribution in [0.5, 0.6) is 5.75 Å². The number of nitrogen functional groups attached to an aromatic ring is 1. The normalized spacial score (nSPS) is 14.5. The lowest BCUT2D eigenvalue weighted by molar-refractivity contribution is 0.0753. The number of nitrogens with two attached hydrogens (primary N) is 1. The first kappa shape index (κ1) is 24.4. The van der Waals surface area contributed by atoms with Crippen molar-refractivity contribution in [1.29, 1.82) is 0 Å². The summed E-state index contributed by atoms with van der Waals surface area (Å²) in [6, 6.07) is 14.1. The van der Waals surface area contributed by atoms with Crippen LogP contribution in [0.2, 0.25) is 0 Å². The molecular formula is C26H29F2N5O2. The zero-order valence-electron chi connectivity index (χ0n) is 19.8. The zero-order chi connectivity index (χ0) is 24.9. The van der Waals surface area contributed by atoms with E-state index in [1.807, 2.05) is 19.0 Å². The van der Waals surface area contributed by atoms with E-state index in [9.17, 15) is 9.18 Å². The van der Waals surface area contributed by atoms with Crippen LogP contribution in [0.1, 0.15) is 34.0 Å². The van der Waals surface area contributed by atoms with E-state index in [1.54, 1.807) is 41.3 Å². The van der Waals surface area contributed by atoms with Gasteiger partial charge in [0.25, 0.3) is 5.91 Å². The molecule has 0 saturated heterocycles. The lowest BCUT2D eigenvalue weighted by atomic mass is 10.1. The summed E-state index contributed by atoms with van der Waals surface area (Å²) in [4.78, 5) is 20.9. The van der Waals surface area contributed by atoms with Gasteiger partial charge in [0, 0.05) is 44.7 Å². The van der Waals surface area contributed by atoms with Gasteiger partial charge < -0.3 is 25.6 Å². The fraction of sp³-hybridized carbons (Fsp3) is 0.308. The highest BCUT2D eigenvalue weighted by Crippen LogP contribution is 2.28. The van der Waals surface area contributed by atoms with Gasteiger partial charge in [0.2, 0.25) is 0 Å². The molecule has 2 aromatic carbocycles. The largest absolute Gasteiger partial charge is 0.486 e. The van der Waals surface area contributed by atoms with Crippen LogP contribution < -0.4 is 20.7 Å². The van der Waals surface area contributed by atoms with Crippen LogP contribution in [-0.4, -0.2) is 49.5 Å². The number of rotatable bonds is 8. The highest BCUT2D eigenvalue weighted by atomic mass is 19.1. The Morgan fingerprint density at radius 1 is 1.14 bits per heavy atom. The molecule has 3 N–H and O–H groups in total. The van der Waals surface area contributed by atoms with Gasteiger partial charge in [0.15, 0.2) is 0 Å². The minimum absolute atomic E-state index is 0.107. The standard InChI is InChI=1S/C26H29F2N5O2/c1-30-11-10-23(17-4-3-5-19(27)14-17)35-20-7-6-18(22(28)15-20)16-33-13-12-32(2)25-21(26(33)34)8-9-24(29)31-25/h3-9,14-15,23,30H,10-13,16H2,1-2H3,(H2,29,31). The lowest BCUT2D eigenvalue weighted by Gasteiger charge is -2.22. The van der Waals surface area contributed by atoms with Crippen LogP contribution in [0.3, 0.4) is 0 Å². The number of ether oxygens (including phenoxy) is 1. The predicted octanol–water partition coefficient (Wildman–Crippen LogP) is 3.76. The van der Waals surface area contributed by atoms with Crippen molar-refractivity contribution in [2.45, 2.75) is 19.1 Å². The van der Waals surface area contributed by atoms with Crippen LogP contribution in [0, 0.1) is 11.6 Å². The summed E-state index contributed by atoms with van der Waals surface area (Å²) in [5.41, 5.74) is 7.28. The van der Waals surface area contributed by atoms with E-state index >= 15 is 4.39 Å². The maximum absolute atomic E-state index is 15.1. The number of fused-ring (bicyclic) bond motifs is 1. The molecule has 0 fully saturated rings. The average molecular weight is 482 g/mol. The molecule has 3 aromatic rings. The first-order valence-corrected chi connectivity index (χ1v) is 11.5. The number of benzene rings is 2. The Morgan fingerprint density at radius 2 is 1.97 bits per heavy atom. The Morgan fingerprint density at radius 3 is 2.71 bits per heavy atom. The molecule has 9 heteroatoms. The van der Waals surface area contributed by atoms with E-state index in [0.717, 1.165) is 0 Å². The Bertz CT molecular complexity index is 1210. The molecule has 1 atom stereocenters. The third-order valence-corrected chi connectivity index (χ3v) is 6.02. The van der Waals surface area contributed by atoms with Crippen molar-refractivity contribution in [2.75, 3.05) is 44.4 Å². The van der Waals surface area contributed by atoms with Crippen molar-refractivity contribution in [3.8, 4) is 5.75 Å². The first-order chi connectivity index (χ1) is 16.9. The number of halogens is 2. The number of nitrogens with one attached hydrogen (secondary N) is 1. The molecule has 0 saturated carbocycles. The molecule has 2 heterocycles. The number of carbonyl (C=O) groups is 1. The molecule has 1 aliphatic heterocycles. The molecule has 1 amide bonds. The minimum Gasteiger partial charge on any atom is -0.486 e.